The van der Waals surface area contributed by atoms with Crippen molar-refractivity contribution >= 4 is 29.3 Å². The lowest BCUT2D eigenvalue weighted by Crippen LogP contribution is -2.54. The maximum atomic E-state index is 12.8. The van der Waals surface area contributed by atoms with E-state index in [1.54, 1.807) is 7.11 Å². The fraction of sp³-hybridized carbons (Fsp3) is 0.500. The molecular weight excluding hydrogens is 328 g/mol. The molecule has 1 aromatic heterocycles. The van der Waals surface area contributed by atoms with E-state index in [2.05, 4.69) is 10.6 Å². The molecule has 2 aromatic rings. The van der Waals surface area contributed by atoms with Gasteiger partial charge in [0.1, 0.15) is 16.9 Å². The number of hydrogen-bond acceptors (Lipinski definition) is 4. The third kappa shape index (κ3) is 3.29. The first kappa shape index (κ1) is 18.8. The number of piperidine rings is 1. The normalized spacial score (nSPS) is 18.0. The standard InChI is InChI=1S/C18H24N2O3.ClH/c1-12-14-6-4-5-7-15(14)23-16(12)13(2)20-17(21)18(22-3)8-10-19-11-9-18;/h4-7,13,19H,8-11H2,1-3H3,(H,20,21);1H. The number of hydrogen-bond donors (Lipinski definition) is 2. The lowest BCUT2D eigenvalue weighted by molar-refractivity contribution is -0.147. The molecular formula is C18H25ClN2O3. The number of halogens is 1. The number of carbonyl (C=O) groups is 1. The number of furan rings is 1. The van der Waals surface area contributed by atoms with Crippen molar-refractivity contribution in [3.05, 3.63) is 35.6 Å². The lowest BCUT2D eigenvalue weighted by Gasteiger charge is -2.35. The van der Waals surface area contributed by atoms with Gasteiger partial charge in [0, 0.05) is 18.1 Å². The topological polar surface area (TPSA) is 63.5 Å². The lowest BCUT2D eigenvalue weighted by atomic mass is 9.90. The van der Waals surface area contributed by atoms with Crippen molar-refractivity contribution in [2.24, 2.45) is 0 Å². The second kappa shape index (κ2) is 7.55. The van der Waals surface area contributed by atoms with Gasteiger partial charge in [-0.3, -0.25) is 4.79 Å². The molecule has 0 aliphatic carbocycles. The van der Waals surface area contributed by atoms with Crippen molar-refractivity contribution in [2.45, 2.75) is 38.3 Å². The minimum atomic E-state index is -0.737. The molecule has 1 aliphatic heterocycles. The second-order valence-electron chi connectivity index (χ2n) is 6.23. The van der Waals surface area contributed by atoms with Crippen LogP contribution in [0.1, 0.15) is 37.1 Å². The fourth-order valence-electron chi connectivity index (χ4n) is 3.35. The molecule has 1 fully saturated rings. The van der Waals surface area contributed by atoms with Gasteiger partial charge in [-0.1, -0.05) is 18.2 Å². The van der Waals surface area contributed by atoms with Crippen LogP contribution in [0.25, 0.3) is 11.0 Å². The van der Waals surface area contributed by atoms with E-state index >= 15 is 0 Å². The van der Waals surface area contributed by atoms with Gasteiger partial charge < -0.3 is 19.8 Å². The molecule has 6 heteroatoms. The molecule has 1 unspecified atom stereocenters. The van der Waals surface area contributed by atoms with Crippen LogP contribution in [0.4, 0.5) is 0 Å². The predicted octanol–water partition coefficient (Wildman–Crippen LogP) is 3.11. The summed E-state index contributed by atoms with van der Waals surface area (Å²) in [6.45, 7) is 5.56. The average molecular weight is 353 g/mol. The number of methoxy groups -OCH3 is 1. The molecule has 1 saturated heterocycles. The van der Waals surface area contributed by atoms with Gasteiger partial charge in [-0.15, -0.1) is 12.4 Å². The minimum Gasteiger partial charge on any atom is -0.459 e. The molecule has 1 aliphatic rings. The molecule has 1 atom stereocenters. The number of fused-ring (bicyclic) bond motifs is 1. The van der Waals surface area contributed by atoms with E-state index in [9.17, 15) is 4.79 Å². The quantitative estimate of drug-likeness (QED) is 0.887. The van der Waals surface area contributed by atoms with Crippen LogP contribution in [0.5, 0.6) is 0 Å². The molecule has 0 bridgehead atoms. The number of benzene rings is 1. The molecule has 2 N–H and O–H groups in total. The molecule has 0 saturated carbocycles. The van der Waals surface area contributed by atoms with Gasteiger partial charge in [0.05, 0.1) is 6.04 Å². The predicted molar refractivity (Wildman–Crippen MR) is 96.6 cm³/mol. The number of aryl methyl sites for hydroxylation is 1. The number of amides is 1. The number of nitrogens with one attached hydrogen (secondary N) is 2. The van der Waals surface area contributed by atoms with Crippen molar-refractivity contribution in [1.29, 1.82) is 0 Å². The highest BCUT2D eigenvalue weighted by Crippen LogP contribution is 2.30. The molecule has 0 radical (unpaired) electrons. The van der Waals surface area contributed by atoms with Crippen LogP contribution < -0.4 is 10.6 Å². The number of ether oxygens (including phenoxy) is 1. The molecule has 3 rings (SSSR count). The molecule has 1 amide bonds. The van der Waals surface area contributed by atoms with Crippen LogP contribution in [0, 0.1) is 6.92 Å². The highest BCUT2D eigenvalue weighted by atomic mass is 35.5. The van der Waals surface area contributed by atoms with Crippen LogP contribution in [-0.4, -0.2) is 31.7 Å². The molecule has 5 nitrogen and oxygen atoms in total. The van der Waals surface area contributed by atoms with E-state index in [1.807, 2.05) is 38.1 Å². The van der Waals surface area contributed by atoms with Crippen LogP contribution in [-0.2, 0) is 9.53 Å². The van der Waals surface area contributed by atoms with E-state index in [1.165, 1.54) is 0 Å². The first-order chi connectivity index (χ1) is 11.1. The summed E-state index contributed by atoms with van der Waals surface area (Å²) in [6, 6.07) is 7.73. The SMILES string of the molecule is COC1(C(=O)NC(C)c2oc3ccccc3c2C)CCNCC1.Cl. The van der Waals surface area contributed by atoms with Crippen LogP contribution in [0.3, 0.4) is 0 Å². The summed E-state index contributed by atoms with van der Waals surface area (Å²) < 4.78 is 11.5. The number of para-hydroxylation sites is 1. The number of carbonyl (C=O) groups excluding carboxylic acids is 1. The summed E-state index contributed by atoms with van der Waals surface area (Å²) in [5, 5.41) is 7.43. The van der Waals surface area contributed by atoms with Crippen LogP contribution in [0.2, 0.25) is 0 Å². The Hall–Kier alpha value is -1.56. The van der Waals surface area contributed by atoms with E-state index in [-0.39, 0.29) is 24.4 Å². The van der Waals surface area contributed by atoms with Crippen molar-refractivity contribution in [2.75, 3.05) is 20.2 Å². The third-order valence-corrected chi connectivity index (χ3v) is 4.84. The molecule has 132 valence electrons. The molecule has 1 aromatic carbocycles. The second-order valence-corrected chi connectivity index (χ2v) is 6.23. The van der Waals surface area contributed by atoms with Crippen LogP contribution >= 0.6 is 12.4 Å². The summed E-state index contributed by atoms with van der Waals surface area (Å²) in [6.07, 6.45) is 1.36. The van der Waals surface area contributed by atoms with Gasteiger partial charge in [0.25, 0.3) is 5.91 Å². The van der Waals surface area contributed by atoms with Gasteiger partial charge in [0.15, 0.2) is 0 Å². The van der Waals surface area contributed by atoms with Crippen molar-refractivity contribution < 1.29 is 13.9 Å². The van der Waals surface area contributed by atoms with Crippen molar-refractivity contribution in [3.63, 3.8) is 0 Å². The van der Waals surface area contributed by atoms with E-state index < -0.39 is 5.60 Å². The summed E-state index contributed by atoms with van der Waals surface area (Å²) in [7, 11) is 1.61. The van der Waals surface area contributed by atoms with Gasteiger partial charge in [-0.2, -0.15) is 0 Å². The number of rotatable bonds is 4. The Morgan fingerprint density at radius 2 is 2.00 bits per heavy atom. The van der Waals surface area contributed by atoms with E-state index in [4.69, 9.17) is 9.15 Å². The Bertz CT molecular complexity index is 707. The zero-order valence-corrected chi connectivity index (χ0v) is 15.2. The Morgan fingerprint density at radius 1 is 1.33 bits per heavy atom. The molecule has 2 heterocycles. The van der Waals surface area contributed by atoms with Gasteiger partial charge in [-0.05, 0) is 45.8 Å². The Kier molecular flexibility index (Phi) is 5.91. The summed E-state index contributed by atoms with van der Waals surface area (Å²) in [5.41, 5.74) is 1.19. The Balaban J connectivity index is 0.00000208. The largest absolute Gasteiger partial charge is 0.459 e. The van der Waals surface area contributed by atoms with Crippen molar-refractivity contribution in [1.82, 2.24) is 10.6 Å². The molecule has 24 heavy (non-hydrogen) atoms. The maximum absolute atomic E-state index is 12.8. The Labute approximate surface area is 148 Å². The third-order valence-electron chi connectivity index (χ3n) is 4.84. The minimum absolute atomic E-state index is 0. The highest BCUT2D eigenvalue weighted by molar-refractivity contribution is 5.86. The first-order valence-electron chi connectivity index (χ1n) is 8.12. The fourth-order valence-corrected chi connectivity index (χ4v) is 3.35. The Morgan fingerprint density at radius 3 is 2.62 bits per heavy atom. The zero-order valence-electron chi connectivity index (χ0n) is 14.3. The van der Waals surface area contributed by atoms with Gasteiger partial charge in [0.2, 0.25) is 0 Å². The summed E-state index contributed by atoms with van der Waals surface area (Å²) >= 11 is 0. The van der Waals surface area contributed by atoms with Gasteiger partial charge >= 0.3 is 0 Å². The zero-order chi connectivity index (χ0) is 16.4. The monoisotopic (exact) mass is 352 g/mol. The summed E-state index contributed by atoms with van der Waals surface area (Å²) in [4.78, 5) is 12.8. The summed E-state index contributed by atoms with van der Waals surface area (Å²) in [5.74, 6) is 0.744. The van der Waals surface area contributed by atoms with E-state index in [0.717, 1.165) is 35.4 Å². The van der Waals surface area contributed by atoms with Crippen LogP contribution in [0.15, 0.2) is 28.7 Å². The van der Waals surface area contributed by atoms with Crippen molar-refractivity contribution in [3.8, 4) is 0 Å². The molecule has 0 spiro atoms. The smallest absolute Gasteiger partial charge is 0.252 e. The maximum Gasteiger partial charge on any atom is 0.252 e. The van der Waals surface area contributed by atoms with E-state index in [0.29, 0.717) is 12.8 Å². The first-order valence-corrected chi connectivity index (χ1v) is 8.12. The van der Waals surface area contributed by atoms with Gasteiger partial charge in [-0.25, -0.2) is 0 Å². The average Bonchev–Trinajstić information content (AvgIpc) is 2.93. The highest BCUT2D eigenvalue weighted by Gasteiger charge is 2.40.